The van der Waals surface area contributed by atoms with Crippen molar-refractivity contribution in [1.82, 2.24) is 4.90 Å². The van der Waals surface area contributed by atoms with Crippen molar-refractivity contribution in [1.29, 1.82) is 0 Å². The molecule has 1 saturated heterocycles. The van der Waals surface area contributed by atoms with Crippen molar-refractivity contribution >= 4 is 11.7 Å². The number of carbonyl (C=O) groups is 2. The van der Waals surface area contributed by atoms with Crippen LogP contribution in [0.2, 0.25) is 0 Å². The Bertz CT molecular complexity index is 216. The van der Waals surface area contributed by atoms with Crippen LogP contribution >= 0.6 is 0 Å². The summed E-state index contributed by atoms with van der Waals surface area (Å²) in [7, 11) is 0. The van der Waals surface area contributed by atoms with E-state index in [4.69, 9.17) is 4.74 Å². The molecule has 4 nitrogen and oxygen atoms in total. The minimum atomic E-state index is -0.400. The van der Waals surface area contributed by atoms with Crippen LogP contribution in [0, 0.1) is 0 Å². The predicted octanol–water partition coefficient (Wildman–Crippen LogP) is 1.24. The SMILES string of the molecule is CC.CCC(=O)C1CN(C(C)=O)CCO1. The normalized spacial score (nSPS) is 20.3. The van der Waals surface area contributed by atoms with E-state index in [0.717, 1.165) is 0 Å². The maximum Gasteiger partial charge on any atom is 0.219 e. The number of hydrogen-bond acceptors (Lipinski definition) is 3. The van der Waals surface area contributed by atoms with Gasteiger partial charge in [-0.1, -0.05) is 20.8 Å². The van der Waals surface area contributed by atoms with Crippen LogP contribution in [0.4, 0.5) is 0 Å². The van der Waals surface area contributed by atoms with Crippen LogP contribution in [-0.4, -0.2) is 42.4 Å². The molecule has 0 saturated carbocycles. The highest BCUT2D eigenvalue weighted by molar-refractivity contribution is 5.84. The lowest BCUT2D eigenvalue weighted by molar-refractivity contribution is -0.144. The summed E-state index contributed by atoms with van der Waals surface area (Å²) in [6, 6.07) is 0. The molecule has 0 bridgehead atoms. The molecular weight excluding hydrogens is 194 g/mol. The van der Waals surface area contributed by atoms with Gasteiger partial charge < -0.3 is 9.64 Å². The molecule has 0 radical (unpaired) electrons. The highest BCUT2D eigenvalue weighted by atomic mass is 16.5. The number of ether oxygens (including phenoxy) is 1. The Morgan fingerprint density at radius 2 is 2.00 bits per heavy atom. The smallest absolute Gasteiger partial charge is 0.219 e. The van der Waals surface area contributed by atoms with Gasteiger partial charge in [0.2, 0.25) is 5.91 Å². The Hall–Kier alpha value is -0.900. The molecule has 4 heteroatoms. The lowest BCUT2D eigenvalue weighted by Crippen LogP contribution is -2.47. The third-order valence-corrected chi connectivity index (χ3v) is 2.22. The van der Waals surface area contributed by atoms with Crippen LogP contribution in [0.15, 0.2) is 0 Å². The number of morpholine rings is 1. The molecule has 1 heterocycles. The monoisotopic (exact) mass is 215 g/mol. The second-order valence-electron chi connectivity index (χ2n) is 3.14. The van der Waals surface area contributed by atoms with Crippen LogP contribution in [0.1, 0.15) is 34.1 Å². The maximum atomic E-state index is 11.3. The van der Waals surface area contributed by atoms with Gasteiger partial charge in [-0.15, -0.1) is 0 Å². The van der Waals surface area contributed by atoms with Crippen molar-refractivity contribution in [2.24, 2.45) is 0 Å². The fourth-order valence-electron chi connectivity index (χ4n) is 1.36. The zero-order valence-corrected chi connectivity index (χ0v) is 10.1. The molecule has 0 spiro atoms. The first kappa shape index (κ1) is 14.1. The number of ketones is 1. The molecule has 1 aliphatic rings. The number of nitrogens with zero attached hydrogens (tertiary/aromatic N) is 1. The average Bonchev–Trinajstić information content (AvgIpc) is 2.30. The van der Waals surface area contributed by atoms with Crippen LogP contribution in [0.3, 0.4) is 0 Å². The molecule has 1 amide bonds. The lowest BCUT2D eigenvalue weighted by Gasteiger charge is -2.31. The van der Waals surface area contributed by atoms with Gasteiger partial charge in [-0.3, -0.25) is 9.59 Å². The molecule has 1 unspecified atom stereocenters. The molecular formula is C11H21NO3. The van der Waals surface area contributed by atoms with Crippen LogP contribution in [0.5, 0.6) is 0 Å². The van der Waals surface area contributed by atoms with E-state index in [-0.39, 0.29) is 11.7 Å². The highest BCUT2D eigenvalue weighted by Gasteiger charge is 2.26. The van der Waals surface area contributed by atoms with E-state index in [2.05, 4.69) is 0 Å². The van der Waals surface area contributed by atoms with Gasteiger partial charge in [0, 0.05) is 19.9 Å². The zero-order valence-electron chi connectivity index (χ0n) is 10.1. The second kappa shape index (κ2) is 7.40. The average molecular weight is 215 g/mol. The van der Waals surface area contributed by atoms with E-state index in [1.54, 1.807) is 11.8 Å². The van der Waals surface area contributed by atoms with Gasteiger partial charge in [-0.2, -0.15) is 0 Å². The minimum absolute atomic E-state index is 0.0113. The first-order valence-electron chi connectivity index (χ1n) is 5.55. The Labute approximate surface area is 91.6 Å². The summed E-state index contributed by atoms with van der Waals surface area (Å²) in [6.07, 6.45) is 0.0683. The molecule has 1 rings (SSSR count). The molecule has 1 fully saturated rings. The number of amides is 1. The maximum absolute atomic E-state index is 11.3. The molecule has 1 atom stereocenters. The first-order valence-corrected chi connectivity index (χ1v) is 5.55. The molecule has 0 aromatic rings. The van der Waals surface area contributed by atoms with E-state index >= 15 is 0 Å². The van der Waals surface area contributed by atoms with Gasteiger partial charge in [-0.05, 0) is 0 Å². The standard InChI is InChI=1S/C9H15NO3.C2H6/c1-3-8(12)9-6-10(7(2)11)4-5-13-9;1-2/h9H,3-6H2,1-2H3;1-2H3. The Morgan fingerprint density at radius 3 is 2.47 bits per heavy atom. The van der Waals surface area contributed by atoms with E-state index in [1.807, 2.05) is 13.8 Å². The quantitative estimate of drug-likeness (QED) is 0.696. The summed E-state index contributed by atoms with van der Waals surface area (Å²) in [5.74, 6) is 0.0863. The summed E-state index contributed by atoms with van der Waals surface area (Å²) in [5.41, 5.74) is 0. The fraction of sp³-hybridized carbons (Fsp3) is 0.818. The van der Waals surface area contributed by atoms with Crippen molar-refractivity contribution in [3.63, 3.8) is 0 Å². The Morgan fingerprint density at radius 1 is 1.40 bits per heavy atom. The third kappa shape index (κ3) is 4.42. The van der Waals surface area contributed by atoms with Crippen LogP contribution < -0.4 is 0 Å². The lowest BCUT2D eigenvalue weighted by atomic mass is 10.1. The van der Waals surface area contributed by atoms with Crippen LogP contribution in [-0.2, 0) is 14.3 Å². The number of Topliss-reactive ketones (excluding diaryl/α,β-unsaturated/α-hetero) is 1. The second-order valence-corrected chi connectivity index (χ2v) is 3.14. The van der Waals surface area contributed by atoms with Crippen molar-refractivity contribution in [3.05, 3.63) is 0 Å². The Balaban J connectivity index is 0.000000921. The van der Waals surface area contributed by atoms with Crippen molar-refractivity contribution in [2.75, 3.05) is 19.7 Å². The topological polar surface area (TPSA) is 46.6 Å². The molecule has 1 aliphatic heterocycles. The van der Waals surface area contributed by atoms with E-state index in [9.17, 15) is 9.59 Å². The number of hydrogen-bond donors (Lipinski definition) is 0. The summed E-state index contributed by atoms with van der Waals surface area (Å²) >= 11 is 0. The van der Waals surface area contributed by atoms with E-state index < -0.39 is 6.10 Å². The minimum Gasteiger partial charge on any atom is -0.367 e. The molecule has 0 aliphatic carbocycles. The van der Waals surface area contributed by atoms with Gasteiger partial charge in [0.1, 0.15) is 6.10 Å². The van der Waals surface area contributed by atoms with E-state index in [0.29, 0.717) is 26.1 Å². The fourth-order valence-corrected chi connectivity index (χ4v) is 1.36. The van der Waals surface area contributed by atoms with Gasteiger partial charge in [0.05, 0.1) is 13.2 Å². The molecule has 88 valence electrons. The molecule has 0 aromatic heterocycles. The molecule has 15 heavy (non-hydrogen) atoms. The number of rotatable bonds is 2. The van der Waals surface area contributed by atoms with Crippen molar-refractivity contribution in [2.45, 2.75) is 40.2 Å². The predicted molar refractivity (Wildman–Crippen MR) is 58.6 cm³/mol. The van der Waals surface area contributed by atoms with Gasteiger partial charge in [0.25, 0.3) is 0 Å². The molecule has 0 aromatic carbocycles. The first-order chi connectivity index (χ1) is 7.15. The Kier molecular flexibility index (Phi) is 6.96. The van der Waals surface area contributed by atoms with Crippen LogP contribution in [0.25, 0.3) is 0 Å². The highest BCUT2D eigenvalue weighted by Crippen LogP contribution is 2.07. The van der Waals surface area contributed by atoms with Crippen molar-refractivity contribution in [3.8, 4) is 0 Å². The summed E-state index contributed by atoms with van der Waals surface area (Å²) in [6.45, 7) is 8.80. The summed E-state index contributed by atoms with van der Waals surface area (Å²) in [5, 5.41) is 0. The zero-order chi connectivity index (χ0) is 11.8. The summed E-state index contributed by atoms with van der Waals surface area (Å²) < 4.78 is 5.27. The largest absolute Gasteiger partial charge is 0.367 e. The molecule has 0 N–H and O–H groups in total. The van der Waals surface area contributed by atoms with Crippen molar-refractivity contribution < 1.29 is 14.3 Å². The van der Waals surface area contributed by atoms with E-state index in [1.165, 1.54) is 6.92 Å². The van der Waals surface area contributed by atoms with Gasteiger partial charge in [0.15, 0.2) is 5.78 Å². The summed E-state index contributed by atoms with van der Waals surface area (Å²) in [4.78, 5) is 23.9. The third-order valence-electron chi connectivity index (χ3n) is 2.22. The van der Waals surface area contributed by atoms with Gasteiger partial charge in [-0.25, -0.2) is 0 Å². The number of carbonyl (C=O) groups excluding carboxylic acids is 2. The van der Waals surface area contributed by atoms with Gasteiger partial charge >= 0.3 is 0 Å².